The summed E-state index contributed by atoms with van der Waals surface area (Å²) in [6, 6.07) is 19.5. The Morgan fingerprint density at radius 3 is 1.20 bits per heavy atom. The van der Waals surface area contributed by atoms with Crippen LogP contribution >= 0.6 is 197 Å². The number of nitro groups is 6. The number of pyridine rings is 8. The number of nitrogens with zero attached hydrogens (tertiary/aromatic N) is 15. The van der Waals surface area contributed by atoms with E-state index in [1.807, 2.05) is 87.8 Å². The van der Waals surface area contributed by atoms with Gasteiger partial charge in [-0.25, -0.2) is 20.5 Å². The number of hydrogen-bond donors (Lipinski definition) is 3. The van der Waals surface area contributed by atoms with Crippen molar-refractivity contribution in [2.45, 2.75) is 148 Å². The number of fused-ring (bicyclic) bond motifs is 2. The van der Waals surface area contributed by atoms with E-state index in [1.54, 1.807) is 68.3 Å². The standard InChI is InChI=1S/C13H16N2O3.C12H14N2O4.C12H14N2O3.C11H14N2O4.C9H10N2O4.C8H8N2O2.C7H6N2O3.C6H5BrN2O2.CHI3.CH2I2.2CH3I.CH2I.2CH4.H2O3.V.H2/c1-8-7-9-3-4-10(16)15(2)12(9)14-11(8)13-17-5-6-18-13;1-3-4-9-7-8(2)10(12-17-5-6-18-12)13-11(9)14(15)16;1-7-6-8-2-3-9(15)13-11(8)14-10(7)12-16-4-5-17-12;1-3-8-6-7(2)9(11-16-4-5-17-11)12-10(8)13(14)15;1-6-2-3-7(11(12)13)10-8(6)9-14-4-5-15-9;1-3-7-6(2)4-5-8(9-7)10(11)12;1-5-2-3-7(9(11)12)8-6(5)4-10;1-4-2-3-5(9(10)11)8-6(4)7;2-1(3)4;2-1-3;3*1-2;;;1-3-2;;/h7,13H,3-6H2,1-2H3;3-4,7,12H,5-6H2,1-2H3;6,12H,2-5H2,1H3,(H,13,14,15);6,11H,3-5H2,1-2H3;2-3,9H,4-5H2,1H3;3-5H,1H2,2H3;2-4H,1H3;2-3H,1H3;1H;1H2;2*1H3;1H2;2*1H4;1-2H;;1H/q;;;;;;;;;;;;-1;;;;;/b;4-3+;;;;;;;;;;;;;;;;. The number of hydrogen-bond acceptors (Lipinski definition) is 36. The van der Waals surface area contributed by atoms with Crippen molar-refractivity contribution in [3.05, 3.63) is 262 Å². The van der Waals surface area contributed by atoms with E-state index in [0.29, 0.717) is 142 Å². The summed E-state index contributed by atoms with van der Waals surface area (Å²) in [6.45, 7) is 27.3. The van der Waals surface area contributed by atoms with Gasteiger partial charge in [-0.15, -0.1) is 0 Å². The number of nitrogens with one attached hydrogen (secondary N) is 1. The Morgan fingerprint density at radius 1 is 0.504 bits per heavy atom. The summed E-state index contributed by atoms with van der Waals surface area (Å²) in [4.78, 5) is 134. The molecule has 0 aliphatic carbocycles. The molecule has 0 atom stereocenters. The van der Waals surface area contributed by atoms with E-state index in [4.69, 9.17) is 57.9 Å². The number of carbonyl (C=O) groups excluding carboxylic acids is 3. The maximum atomic E-state index is 11.7. The fourth-order valence-electron chi connectivity index (χ4n) is 11.9. The number of amides is 2. The fraction of sp³-hybridized carbons (Fsp3) is 0.435. The number of alkyl halides is 7. The number of aldehydes is 1. The van der Waals surface area contributed by atoms with Gasteiger partial charge in [0.05, 0.1) is 74.1 Å². The van der Waals surface area contributed by atoms with E-state index < -0.39 is 48.4 Å². The predicted molar refractivity (Wildman–Crippen MR) is 591 cm³/mol. The number of rotatable bonds is 15. The molecular formula is C85H110BrI8N16O28V-. The van der Waals surface area contributed by atoms with Crippen LogP contribution in [0.2, 0.25) is 0 Å². The third-order valence-electron chi connectivity index (χ3n) is 18.1. The van der Waals surface area contributed by atoms with Crippen LogP contribution in [-0.2, 0) is 99.8 Å². The maximum absolute atomic E-state index is 11.7. The minimum Gasteiger partial charge on any atom is -0.358 e. The van der Waals surface area contributed by atoms with Crippen LogP contribution in [0.4, 0.5) is 46.5 Å². The van der Waals surface area contributed by atoms with Crippen LogP contribution in [-0.4, -0.2) is 183 Å². The van der Waals surface area contributed by atoms with Crippen molar-refractivity contribution in [3.63, 3.8) is 0 Å². The quantitative estimate of drug-likeness (QED) is 0.0125. The first-order chi connectivity index (χ1) is 64.8. The summed E-state index contributed by atoms with van der Waals surface area (Å²) in [5.41, 5.74) is 14.0. The van der Waals surface area contributed by atoms with Crippen LogP contribution in [0, 0.1) is 121 Å². The van der Waals surface area contributed by atoms with Crippen molar-refractivity contribution in [2.24, 2.45) is 0 Å². The van der Waals surface area contributed by atoms with Gasteiger partial charge in [-0.05, 0) is 216 Å². The van der Waals surface area contributed by atoms with Crippen LogP contribution in [0.25, 0.3) is 12.2 Å². The first kappa shape index (κ1) is 135. The Kier molecular flexibility index (Phi) is 72.0. The van der Waals surface area contributed by atoms with Gasteiger partial charge in [0, 0.05) is 119 Å². The summed E-state index contributed by atoms with van der Waals surface area (Å²) in [5, 5.41) is 81.4. The molecule has 0 bridgehead atoms. The Balaban J connectivity index is -0.00000150. The number of ether oxygens (including phenoxy) is 10. The molecule has 44 nitrogen and oxygen atoms in total. The summed E-state index contributed by atoms with van der Waals surface area (Å²) < 4.78 is 56.1. The molecule has 0 saturated carbocycles. The van der Waals surface area contributed by atoms with Crippen molar-refractivity contribution in [1.82, 2.24) is 39.9 Å². The normalized spacial score (nSPS) is 14.1. The van der Waals surface area contributed by atoms with E-state index in [2.05, 4.69) is 248 Å². The molecule has 54 heteroatoms. The molecular weight excluding hydrogens is 2840 g/mol. The maximum Gasteiger partial charge on any atom is 0.371 e. The average molecular weight is 2950 g/mol. The summed E-state index contributed by atoms with van der Waals surface area (Å²) in [5.74, 6) is 0.480. The van der Waals surface area contributed by atoms with Gasteiger partial charge >= 0.3 is 34.9 Å². The zero-order chi connectivity index (χ0) is 103. The molecule has 3 N–H and O–H groups in total. The van der Waals surface area contributed by atoms with Crippen molar-refractivity contribution in [1.29, 1.82) is 0 Å². The third kappa shape index (κ3) is 46.1. The van der Waals surface area contributed by atoms with E-state index in [1.165, 1.54) is 38.8 Å². The van der Waals surface area contributed by atoms with Crippen molar-refractivity contribution < 1.29 is 127 Å². The third-order valence-corrected chi connectivity index (χ3v) is 18.9. The van der Waals surface area contributed by atoms with E-state index in [9.17, 15) is 75.1 Å². The molecule has 0 aromatic carbocycles. The summed E-state index contributed by atoms with van der Waals surface area (Å²) in [6.07, 6.45) is 6.09. The molecule has 15 rings (SSSR count). The first-order valence-corrected chi connectivity index (χ1v) is 53.1. The van der Waals surface area contributed by atoms with Crippen molar-refractivity contribution in [2.75, 3.05) is 95.6 Å². The molecule has 767 valence electrons. The van der Waals surface area contributed by atoms with Crippen LogP contribution in [0.15, 0.2) is 90.1 Å². The minimum atomic E-state index is -0.632. The zero-order valence-corrected chi connectivity index (χ0v) is 96.2. The number of anilines is 2. The molecule has 5 saturated heterocycles. The average Bonchev–Trinajstić information content (AvgIpc) is 0.944. The molecule has 7 aliphatic heterocycles. The molecule has 2 amide bonds. The first-order valence-electron chi connectivity index (χ1n) is 39.7. The number of aryl methyl sites for hydroxylation is 11. The van der Waals surface area contributed by atoms with Gasteiger partial charge in [-0.3, -0.25) is 24.2 Å². The van der Waals surface area contributed by atoms with Crippen molar-refractivity contribution >= 4 is 273 Å². The molecule has 15 heterocycles. The van der Waals surface area contributed by atoms with E-state index in [0.717, 1.165) is 80.1 Å². The molecule has 8 aromatic heterocycles. The van der Waals surface area contributed by atoms with Gasteiger partial charge in [0.2, 0.25) is 70.6 Å². The molecule has 139 heavy (non-hydrogen) atoms. The molecule has 5 fully saturated rings. The zero-order valence-electron chi connectivity index (χ0n) is 76.0. The van der Waals surface area contributed by atoms with Gasteiger partial charge in [-0.1, -0.05) is 216 Å². The van der Waals surface area contributed by atoms with E-state index in [-0.39, 0.29) is 99.8 Å². The Hall–Kier alpha value is -5.93. The SMILES string of the molecule is C.C.C/C=C/c1cc(C)c(C2OCCO2)nc1[N+](=O)[O-].C=Cc1nc([N+](=O)[O-])ccc1C.CCc1cc(C)c(C2OCCO2)nc1[N+](=O)[O-].CI.CI.Cc1cc2c(nc1C1OCCO1)N(C)C(=O)CC2.Cc1cc2c(nc1C1OCCO1)NC(=O)CC2.Cc1ccc([N+](=O)[O-])nc1Br.Cc1ccc([N+](=O)[O-])nc1C1OCCO1.Cc1ccc([N+](=O)[O-])nc1C=O.IC(I)I.ICI.OOO.[CH2-]I.[HH].[V]. The van der Waals surface area contributed by atoms with Crippen LogP contribution in [0.1, 0.15) is 186 Å². The second-order valence-corrected chi connectivity index (χ2v) is 43.1. The molecule has 0 spiro atoms. The molecule has 8 aromatic rings. The Labute approximate surface area is 935 Å². The fourth-order valence-corrected chi connectivity index (χ4v) is 12.2. The Bertz CT molecular complexity index is 5220. The number of aromatic nitrogens is 8. The molecule has 0 unspecified atom stereocenters. The van der Waals surface area contributed by atoms with Crippen LogP contribution < -0.4 is 10.2 Å². The van der Waals surface area contributed by atoms with Gasteiger partial charge < -0.3 is 136 Å². The second kappa shape index (κ2) is 74.0. The topological polar surface area (TPSA) is 570 Å². The summed E-state index contributed by atoms with van der Waals surface area (Å²) >= 11 is 20.8. The number of halogens is 9. The smallest absolute Gasteiger partial charge is 0.358 e. The summed E-state index contributed by atoms with van der Waals surface area (Å²) in [7, 11) is 1.77. The minimum absolute atomic E-state index is 0. The predicted octanol–water partition coefficient (Wildman–Crippen LogP) is 22.6. The van der Waals surface area contributed by atoms with Crippen LogP contribution in [0.3, 0.4) is 0 Å². The van der Waals surface area contributed by atoms with Gasteiger partial charge in [0.25, 0.3) is 0 Å². The van der Waals surface area contributed by atoms with E-state index >= 15 is 0 Å². The molecule has 1 radical (unpaired) electrons. The number of allylic oxidation sites excluding steroid dienone is 1. The van der Waals surface area contributed by atoms with Gasteiger partial charge in [-0.2, -0.15) is 0 Å². The monoisotopic (exact) mass is 2950 g/mol. The Morgan fingerprint density at radius 2 is 0.827 bits per heavy atom. The largest absolute Gasteiger partial charge is 0.371 e. The van der Waals surface area contributed by atoms with Crippen LogP contribution in [0.5, 0.6) is 0 Å². The second-order valence-electron chi connectivity index (χ2n) is 27.1. The van der Waals surface area contributed by atoms with Crippen molar-refractivity contribution in [3.8, 4) is 0 Å². The van der Waals surface area contributed by atoms with Gasteiger partial charge in [0.1, 0.15) is 23.0 Å². The molecule has 7 aliphatic rings. The van der Waals surface area contributed by atoms with Gasteiger partial charge in [0.15, 0.2) is 12.0 Å². The number of carbonyl (C=O) groups is 3.